The third kappa shape index (κ3) is 42.8. The zero-order valence-electron chi connectivity index (χ0n) is 39.8. The fourth-order valence-corrected chi connectivity index (χ4v) is 8.03. The molecule has 0 aromatic heterocycles. The van der Waals surface area contributed by atoms with Gasteiger partial charge >= 0.3 is 28.1 Å². The van der Waals surface area contributed by atoms with E-state index < -0.39 is 20.5 Å². The summed E-state index contributed by atoms with van der Waals surface area (Å²) in [4.78, 5) is 20.4. The van der Waals surface area contributed by atoms with E-state index in [2.05, 4.69) is 13.8 Å². The molecule has 0 unspecified atom stereocenters. The van der Waals surface area contributed by atoms with Gasteiger partial charge in [0.25, 0.3) is 0 Å². The number of carbonyl (C=O) groups is 2. The van der Waals surface area contributed by atoms with Gasteiger partial charge in [-0.25, -0.2) is 0 Å². The predicted octanol–water partition coefficient (Wildman–Crippen LogP) is 15.4. The number of para-hydroxylation sites is 3. The van der Waals surface area contributed by atoms with Crippen molar-refractivity contribution in [2.75, 3.05) is 0 Å². The van der Waals surface area contributed by atoms with E-state index in [-0.39, 0.29) is 32.3 Å². The summed E-state index contributed by atoms with van der Waals surface area (Å²) in [6, 6.07) is 28.5. The third-order valence-electron chi connectivity index (χ3n) is 10.7. The molecule has 63 heavy (non-hydrogen) atoms. The van der Waals surface area contributed by atoms with Gasteiger partial charge in [0.05, 0.1) is 0 Å². The molecule has 0 spiro atoms. The first-order chi connectivity index (χ1) is 30.4. The van der Waals surface area contributed by atoms with Crippen LogP contribution in [-0.4, -0.2) is 11.9 Å². The van der Waals surface area contributed by atoms with Gasteiger partial charge in [-0.1, -0.05) is 248 Å². The molecule has 0 atom stereocenters. The normalized spacial score (nSPS) is 10.5. The van der Waals surface area contributed by atoms with E-state index in [1.807, 2.05) is 91.0 Å². The molecular weight excluding hydrogens is 857 g/mol. The monoisotopic (exact) mass is 941 g/mol. The van der Waals surface area contributed by atoms with E-state index in [0.717, 1.165) is 25.7 Å². The number of hydrogen-bond donors (Lipinski definition) is 0. The number of hydrogen-bond acceptors (Lipinski definition) is 7. The fraction of sp³-hybridized carbons (Fsp3) is 0.630. The molecule has 0 bridgehead atoms. The average Bonchev–Trinajstić information content (AvgIpc) is 3.27. The summed E-state index contributed by atoms with van der Waals surface area (Å²) in [6.07, 6.45) is 39.7. The smallest absolute Gasteiger partial charge is 0.550 e. The molecule has 9 heteroatoms. The van der Waals surface area contributed by atoms with Gasteiger partial charge in [-0.05, 0) is 62.1 Å². The molecule has 3 aromatic rings. The van der Waals surface area contributed by atoms with Crippen LogP contribution >= 0.6 is 8.60 Å². The van der Waals surface area contributed by atoms with E-state index in [4.69, 9.17) is 13.6 Å². The second-order valence-corrected chi connectivity index (χ2v) is 17.6. The molecule has 0 aliphatic heterocycles. The van der Waals surface area contributed by atoms with Crippen molar-refractivity contribution in [3.05, 3.63) is 91.0 Å². The van der Waals surface area contributed by atoms with Crippen LogP contribution in [0.2, 0.25) is 0 Å². The minimum Gasteiger partial charge on any atom is -0.550 e. The van der Waals surface area contributed by atoms with Gasteiger partial charge < -0.3 is 33.4 Å². The number of carboxylic acids is 2. The zero-order chi connectivity index (χ0) is 44.8. The van der Waals surface area contributed by atoms with Gasteiger partial charge in [-0.15, -0.1) is 0 Å². The molecule has 0 N–H and O–H groups in total. The van der Waals surface area contributed by atoms with Crippen LogP contribution in [0.5, 0.6) is 17.2 Å². The van der Waals surface area contributed by atoms with Crippen LogP contribution in [0.25, 0.3) is 0 Å². The summed E-state index contributed by atoms with van der Waals surface area (Å²) < 4.78 is 17.5. The van der Waals surface area contributed by atoms with Crippen molar-refractivity contribution in [1.29, 1.82) is 0 Å². The SMILES string of the molecule is CCCCCCCCCCCCCCCCCC(=O)[O-].CCCCCCCCCCCCCCCCCC(=O)[O-].[Zn+2].c1ccc(OP(Oc2ccccc2)Oc2ccccc2)cc1. The molecule has 0 aliphatic rings. The van der Waals surface area contributed by atoms with Gasteiger partial charge in [0.1, 0.15) is 17.2 Å². The zero-order valence-corrected chi connectivity index (χ0v) is 43.7. The molecule has 0 amide bonds. The van der Waals surface area contributed by atoms with E-state index in [1.165, 1.54) is 167 Å². The summed E-state index contributed by atoms with van der Waals surface area (Å²) in [5.41, 5.74) is 0. The Morgan fingerprint density at radius 1 is 0.349 bits per heavy atom. The maximum atomic E-state index is 10.2. The van der Waals surface area contributed by atoms with Crippen LogP contribution in [0.3, 0.4) is 0 Å². The quantitative estimate of drug-likeness (QED) is 0.0320. The summed E-state index contributed by atoms with van der Waals surface area (Å²) in [5, 5.41) is 20.4. The summed E-state index contributed by atoms with van der Waals surface area (Å²) >= 11 is 0. The van der Waals surface area contributed by atoms with Gasteiger partial charge in [-0.2, -0.15) is 0 Å². The summed E-state index contributed by atoms with van der Waals surface area (Å²) in [5.74, 6) is 0.320. The Morgan fingerprint density at radius 2 is 0.540 bits per heavy atom. The molecule has 0 heterocycles. The van der Waals surface area contributed by atoms with Gasteiger partial charge in [-0.3, -0.25) is 0 Å². The van der Waals surface area contributed by atoms with Crippen LogP contribution in [-0.2, 0) is 29.1 Å². The molecule has 7 nitrogen and oxygen atoms in total. The van der Waals surface area contributed by atoms with Crippen molar-refractivity contribution >= 4 is 20.5 Å². The first kappa shape index (κ1) is 60.1. The number of unbranched alkanes of at least 4 members (excludes halogenated alkanes) is 28. The van der Waals surface area contributed by atoms with Crippen LogP contribution in [0, 0.1) is 0 Å². The number of rotatable bonds is 38. The van der Waals surface area contributed by atoms with Gasteiger partial charge in [0.15, 0.2) is 0 Å². The van der Waals surface area contributed by atoms with Crippen LogP contribution in [0.4, 0.5) is 0 Å². The van der Waals surface area contributed by atoms with E-state index in [0.29, 0.717) is 17.2 Å². The Bertz CT molecular complexity index is 1240. The Labute approximate surface area is 399 Å². The van der Waals surface area contributed by atoms with Crippen molar-refractivity contribution < 1.29 is 52.9 Å². The predicted molar refractivity (Wildman–Crippen MR) is 257 cm³/mol. The number of aliphatic carboxylic acids is 2. The minimum absolute atomic E-state index is 0. The molecule has 0 saturated carbocycles. The van der Waals surface area contributed by atoms with Crippen molar-refractivity contribution in [2.45, 2.75) is 219 Å². The van der Waals surface area contributed by atoms with Crippen molar-refractivity contribution in [2.24, 2.45) is 0 Å². The Kier molecular flexibility index (Phi) is 44.8. The molecule has 3 aromatic carbocycles. The number of carboxylic acid groups (broad SMARTS) is 2. The maximum Gasteiger partial charge on any atom is 2.00 e. The molecule has 0 aliphatic carbocycles. The molecule has 350 valence electrons. The van der Waals surface area contributed by atoms with E-state index in [1.54, 1.807) is 0 Å². The van der Waals surface area contributed by atoms with Gasteiger partial charge in [0.2, 0.25) is 0 Å². The average molecular weight is 943 g/mol. The third-order valence-corrected chi connectivity index (χ3v) is 11.8. The van der Waals surface area contributed by atoms with E-state index in [9.17, 15) is 19.8 Å². The Balaban J connectivity index is 0.000000911. The van der Waals surface area contributed by atoms with Crippen LogP contribution in [0.15, 0.2) is 91.0 Å². The van der Waals surface area contributed by atoms with Gasteiger partial charge in [0, 0.05) is 11.9 Å². The molecular formula is C54H85O7PZn. The summed E-state index contributed by atoms with van der Waals surface area (Å²) in [7, 11) is -1.59. The second-order valence-electron chi connectivity index (χ2n) is 16.6. The van der Waals surface area contributed by atoms with Crippen LogP contribution in [0.1, 0.15) is 219 Å². The first-order valence-electron chi connectivity index (χ1n) is 24.8. The Morgan fingerprint density at radius 3 is 0.730 bits per heavy atom. The molecule has 3 rings (SSSR count). The van der Waals surface area contributed by atoms with Crippen molar-refractivity contribution in [3.8, 4) is 17.2 Å². The second kappa shape index (κ2) is 47.0. The minimum atomic E-state index is -1.59. The topological polar surface area (TPSA) is 108 Å². The molecule has 0 saturated heterocycles. The van der Waals surface area contributed by atoms with E-state index >= 15 is 0 Å². The van der Waals surface area contributed by atoms with Crippen LogP contribution < -0.4 is 23.8 Å². The number of carbonyl (C=O) groups excluding carboxylic acids is 2. The standard InChI is InChI=1S/C18H15O3P.2C18H36O2.Zn/c1-4-10-16(11-5-1)19-22(20-17-12-6-2-7-13-17)21-18-14-8-3-9-15-18;2*1-2-3-4-5-6-7-8-9-10-11-12-13-14-15-16-17-18(19)20;/h1-15H;2*2-17H2,1H3,(H,19,20);/q;;;+2/p-2. The molecule has 0 fully saturated rings. The van der Waals surface area contributed by atoms with Crippen molar-refractivity contribution in [1.82, 2.24) is 0 Å². The molecule has 0 radical (unpaired) electrons. The largest absolute Gasteiger partial charge is 2.00 e. The Hall–Kier alpha value is -2.95. The van der Waals surface area contributed by atoms with Crippen molar-refractivity contribution in [3.63, 3.8) is 0 Å². The maximum absolute atomic E-state index is 10.2. The first-order valence-corrected chi connectivity index (χ1v) is 25.9. The number of benzene rings is 3. The summed E-state index contributed by atoms with van der Waals surface area (Å²) in [6.45, 7) is 4.53. The fourth-order valence-electron chi connectivity index (χ4n) is 7.04.